The Morgan fingerprint density at radius 2 is 2.06 bits per heavy atom. The van der Waals surface area contributed by atoms with Crippen molar-refractivity contribution in [3.05, 3.63) is 48.4 Å². The third kappa shape index (κ3) is 2.29. The molecular weight excluding hydrogens is 232 g/mol. The summed E-state index contributed by atoms with van der Waals surface area (Å²) in [6.45, 7) is 0. The summed E-state index contributed by atoms with van der Waals surface area (Å²) in [5.74, 6) is 1.06. The molecule has 1 aromatic heterocycles. The minimum atomic E-state index is -0.881. The molecule has 0 aliphatic rings. The summed E-state index contributed by atoms with van der Waals surface area (Å²) >= 11 is 0. The molecule has 0 bridgehead atoms. The molecule has 0 saturated heterocycles. The second-order valence-electron chi connectivity index (χ2n) is 3.59. The van der Waals surface area contributed by atoms with Gasteiger partial charge in [0.1, 0.15) is 11.5 Å². The first-order valence-corrected chi connectivity index (χ1v) is 5.31. The molecule has 0 spiro atoms. The van der Waals surface area contributed by atoms with Crippen LogP contribution in [0.2, 0.25) is 0 Å². The highest BCUT2D eigenvalue weighted by molar-refractivity contribution is 5.49. The minimum Gasteiger partial charge on any atom is -0.497 e. The van der Waals surface area contributed by atoms with Gasteiger partial charge in [0.15, 0.2) is 6.04 Å². The molecule has 2 aromatic rings. The van der Waals surface area contributed by atoms with E-state index in [1.807, 2.05) is 6.07 Å². The molecule has 1 heterocycles. The van der Waals surface area contributed by atoms with Gasteiger partial charge in [-0.3, -0.25) is 5.21 Å². The maximum Gasteiger partial charge on any atom is 0.199 e. The molecule has 0 saturated carbocycles. The summed E-state index contributed by atoms with van der Waals surface area (Å²) in [7, 11) is 1.56. The van der Waals surface area contributed by atoms with Crippen LogP contribution in [0.4, 0.5) is 5.69 Å². The monoisotopic (exact) mass is 244 g/mol. The lowest BCUT2D eigenvalue weighted by Gasteiger charge is -2.20. The van der Waals surface area contributed by atoms with E-state index in [0.717, 1.165) is 5.06 Å². The van der Waals surface area contributed by atoms with Crippen molar-refractivity contribution in [1.82, 2.24) is 0 Å². The molecule has 0 aliphatic carbocycles. The zero-order valence-corrected chi connectivity index (χ0v) is 9.78. The maximum atomic E-state index is 10.0. The molecule has 0 radical (unpaired) electrons. The van der Waals surface area contributed by atoms with Crippen molar-refractivity contribution in [3.63, 3.8) is 0 Å². The molecule has 1 unspecified atom stereocenters. The normalized spacial score (nSPS) is 11.6. The fourth-order valence-electron chi connectivity index (χ4n) is 1.57. The van der Waals surface area contributed by atoms with Crippen LogP contribution in [-0.2, 0) is 0 Å². The molecule has 0 fully saturated rings. The SMILES string of the molecule is COc1ccc(N(O)C(C#N)c2ccco2)cc1. The highest BCUT2D eigenvalue weighted by Gasteiger charge is 2.21. The molecule has 0 aliphatic heterocycles. The van der Waals surface area contributed by atoms with Crippen LogP contribution < -0.4 is 9.80 Å². The van der Waals surface area contributed by atoms with Crippen molar-refractivity contribution in [2.45, 2.75) is 6.04 Å². The van der Waals surface area contributed by atoms with Gasteiger partial charge < -0.3 is 9.15 Å². The van der Waals surface area contributed by atoms with Crippen molar-refractivity contribution < 1.29 is 14.4 Å². The summed E-state index contributed by atoms with van der Waals surface area (Å²) in [6, 6.07) is 11.1. The van der Waals surface area contributed by atoms with Crippen molar-refractivity contribution in [1.29, 1.82) is 5.26 Å². The lowest BCUT2D eigenvalue weighted by atomic mass is 10.2. The number of benzene rings is 1. The Bertz CT molecular complexity index is 528. The molecule has 1 aromatic carbocycles. The second-order valence-corrected chi connectivity index (χ2v) is 3.59. The van der Waals surface area contributed by atoms with Crippen LogP contribution in [0.1, 0.15) is 11.8 Å². The standard InChI is InChI=1S/C13H12N2O3/c1-17-11-6-4-10(5-7-11)15(16)12(9-14)13-3-2-8-18-13/h2-8,12,16H,1H3. The number of nitriles is 1. The molecule has 92 valence electrons. The fourth-order valence-corrected chi connectivity index (χ4v) is 1.57. The number of hydrogen-bond acceptors (Lipinski definition) is 5. The van der Waals surface area contributed by atoms with Gasteiger partial charge in [-0.2, -0.15) is 5.26 Å². The Morgan fingerprint density at radius 3 is 2.56 bits per heavy atom. The molecule has 5 nitrogen and oxygen atoms in total. The van der Waals surface area contributed by atoms with E-state index >= 15 is 0 Å². The Balaban J connectivity index is 2.24. The highest BCUT2D eigenvalue weighted by atomic mass is 16.5. The van der Waals surface area contributed by atoms with Crippen molar-refractivity contribution in [2.75, 3.05) is 12.2 Å². The van der Waals surface area contributed by atoms with E-state index in [9.17, 15) is 5.21 Å². The minimum absolute atomic E-state index is 0.385. The predicted octanol–water partition coefficient (Wildman–Crippen LogP) is 2.75. The molecule has 1 N–H and O–H groups in total. The van der Waals surface area contributed by atoms with Crippen LogP contribution in [0.25, 0.3) is 0 Å². The van der Waals surface area contributed by atoms with Crippen LogP contribution in [-0.4, -0.2) is 12.3 Å². The number of rotatable bonds is 4. The summed E-state index contributed by atoms with van der Waals surface area (Å²) in [5.41, 5.74) is 0.485. The van der Waals surface area contributed by atoms with Gasteiger partial charge in [0.2, 0.25) is 0 Å². The Morgan fingerprint density at radius 1 is 1.33 bits per heavy atom. The van der Waals surface area contributed by atoms with Gasteiger partial charge in [-0.1, -0.05) is 0 Å². The number of furan rings is 1. The molecule has 2 rings (SSSR count). The molecular formula is C13H12N2O3. The van der Waals surface area contributed by atoms with Gasteiger partial charge in [0, 0.05) is 0 Å². The van der Waals surface area contributed by atoms with Gasteiger partial charge in [0.05, 0.1) is 25.1 Å². The molecule has 0 amide bonds. The number of nitrogens with zero attached hydrogens (tertiary/aromatic N) is 2. The van der Waals surface area contributed by atoms with Crippen molar-refractivity contribution in [2.24, 2.45) is 0 Å². The molecule has 5 heteroatoms. The van der Waals surface area contributed by atoms with Gasteiger partial charge >= 0.3 is 0 Å². The average molecular weight is 244 g/mol. The summed E-state index contributed by atoms with van der Waals surface area (Å²) in [4.78, 5) is 0. The van der Waals surface area contributed by atoms with E-state index in [1.165, 1.54) is 6.26 Å². The van der Waals surface area contributed by atoms with Crippen LogP contribution in [0.15, 0.2) is 47.1 Å². The van der Waals surface area contributed by atoms with Crippen LogP contribution in [0.5, 0.6) is 5.75 Å². The van der Waals surface area contributed by atoms with Crippen LogP contribution in [0.3, 0.4) is 0 Å². The van der Waals surface area contributed by atoms with E-state index in [2.05, 4.69) is 0 Å². The number of methoxy groups -OCH3 is 1. The van der Waals surface area contributed by atoms with E-state index in [0.29, 0.717) is 17.2 Å². The number of hydroxylamine groups is 1. The van der Waals surface area contributed by atoms with E-state index in [1.54, 1.807) is 43.5 Å². The Kier molecular flexibility index (Phi) is 3.51. The van der Waals surface area contributed by atoms with Crippen LogP contribution in [0, 0.1) is 11.3 Å². The first-order valence-electron chi connectivity index (χ1n) is 5.31. The fraction of sp³-hybridized carbons (Fsp3) is 0.154. The van der Waals surface area contributed by atoms with E-state index < -0.39 is 6.04 Å². The molecule has 18 heavy (non-hydrogen) atoms. The quantitative estimate of drug-likeness (QED) is 0.837. The zero-order chi connectivity index (χ0) is 13.0. The smallest absolute Gasteiger partial charge is 0.199 e. The topological polar surface area (TPSA) is 69.6 Å². The zero-order valence-electron chi connectivity index (χ0n) is 9.78. The second kappa shape index (κ2) is 5.25. The lowest BCUT2D eigenvalue weighted by molar-refractivity contribution is 0.224. The van der Waals surface area contributed by atoms with E-state index in [-0.39, 0.29) is 0 Å². The number of ether oxygens (including phenoxy) is 1. The summed E-state index contributed by atoms with van der Waals surface area (Å²) in [5, 5.41) is 20.0. The van der Waals surface area contributed by atoms with Gasteiger partial charge in [-0.25, -0.2) is 5.06 Å². The number of hydrogen-bond donors (Lipinski definition) is 1. The van der Waals surface area contributed by atoms with Crippen LogP contribution >= 0.6 is 0 Å². The Hall–Kier alpha value is -2.45. The average Bonchev–Trinajstić information content (AvgIpc) is 2.93. The van der Waals surface area contributed by atoms with Crippen molar-refractivity contribution >= 4 is 5.69 Å². The summed E-state index contributed by atoms with van der Waals surface area (Å²) in [6.07, 6.45) is 1.46. The maximum absolute atomic E-state index is 10.0. The van der Waals surface area contributed by atoms with Gasteiger partial charge in [0.25, 0.3) is 0 Å². The summed E-state index contributed by atoms with van der Waals surface area (Å²) < 4.78 is 10.1. The van der Waals surface area contributed by atoms with Gasteiger partial charge in [-0.15, -0.1) is 0 Å². The first-order chi connectivity index (χ1) is 8.76. The predicted molar refractivity (Wildman–Crippen MR) is 64.3 cm³/mol. The van der Waals surface area contributed by atoms with Crippen molar-refractivity contribution in [3.8, 4) is 11.8 Å². The first kappa shape index (κ1) is 12.0. The Labute approximate surface area is 104 Å². The third-order valence-electron chi connectivity index (χ3n) is 2.52. The molecule has 1 atom stereocenters. The third-order valence-corrected chi connectivity index (χ3v) is 2.52. The van der Waals surface area contributed by atoms with Gasteiger partial charge in [-0.05, 0) is 36.4 Å². The van der Waals surface area contributed by atoms with E-state index in [4.69, 9.17) is 14.4 Å². The largest absolute Gasteiger partial charge is 0.497 e. The lowest BCUT2D eigenvalue weighted by Crippen LogP contribution is -2.23. The highest BCUT2D eigenvalue weighted by Crippen LogP contribution is 2.26. The number of anilines is 1.